The maximum absolute atomic E-state index is 12.8. The zero-order chi connectivity index (χ0) is 17.9. The molecule has 1 aliphatic rings. The highest BCUT2D eigenvalue weighted by Gasteiger charge is 2.40. The van der Waals surface area contributed by atoms with E-state index in [9.17, 15) is 14.4 Å². The molecule has 0 aliphatic carbocycles. The number of likely N-dealkylation sites (tertiary alicyclic amines) is 1. The molecule has 1 aliphatic heterocycles. The molecule has 1 N–H and O–H groups in total. The molecule has 0 aromatic carbocycles. The second-order valence-electron chi connectivity index (χ2n) is 7.69. The van der Waals surface area contributed by atoms with Crippen LogP contribution in [0.25, 0.3) is 0 Å². The topological polar surface area (TPSA) is 69.7 Å². The van der Waals surface area contributed by atoms with E-state index in [1.54, 1.807) is 18.9 Å². The first-order valence-electron chi connectivity index (χ1n) is 8.35. The summed E-state index contributed by atoms with van der Waals surface area (Å²) in [5.41, 5.74) is -0.512. The van der Waals surface area contributed by atoms with Gasteiger partial charge in [0.15, 0.2) is 0 Å². The number of carbonyl (C=O) groups is 3. The minimum Gasteiger partial charge on any atom is -0.352 e. The van der Waals surface area contributed by atoms with Crippen molar-refractivity contribution in [2.24, 2.45) is 5.41 Å². The van der Waals surface area contributed by atoms with Crippen molar-refractivity contribution < 1.29 is 14.4 Å². The third-order valence-electron chi connectivity index (χ3n) is 4.18. The Balaban J connectivity index is 2.82. The Morgan fingerprint density at radius 2 is 1.74 bits per heavy atom. The van der Waals surface area contributed by atoms with Crippen LogP contribution >= 0.6 is 0 Å². The molecule has 0 aromatic heterocycles. The molecule has 0 spiro atoms. The molecule has 1 fully saturated rings. The van der Waals surface area contributed by atoms with Crippen LogP contribution < -0.4 is 5.32 Å². The van der Waals surface area contributed by atoms with E-state index < -0.39 is 17.5 Å². The summed E-state index contributed by atoms with van der Waals surface area (Å²) in [5.74, 6) is -0.352. The van der Waals surface area contributed by atoms with Crippen LogP contribution in [0.15, 0.2) is 0 Å². The molecule has 6 nitrogen and oxygen atoms in total. The molecule has 0 unspecified atom stereocenters. The average Bonchev–Trinajstić information content (AvgIpc) is 2.91. The first-order chi connectivity index (χ1) is 10.5. The van der Waals surface area contributed by atoms with Gasteiger partial charge in [-0.25, -0.2) is 0 Å². The van der Waals surface area contributed by atoms with Gasteiger partial charge in [0.05, 0.1) is 0 Å². The van der Waals surface area contributed by atoms with Crippen LogP contribution in [0.4, 0.5) is 0 Å². The fraction of sp³-hybridized carbons (Fsp3) is 0.824. The molecule has 0 bridgehead atoms. The van der Waals surface area contributed by atoms with E-state index in [1.807, 2.05) is 34.6 Å². The van der Waals surface area contributed by atoms with Gasteiger partial charge >= 0.3 is 0 Å². The van der Waals surface area contributed by atoms with Gasteiger partial charge in [0.25, 0.3) is 0 Å². The van der Waals surface area contributed by atoms with Crippen molar-refractivity contribution in [1.82, 2.24) is 15.1 Å². The summed E-state index contributed by atoms with van der Waals surface area (Å²) in [6.07, 6.45) is 1.47. The highest BCUT2D eigenvalue weighted by Crippen LogP contribution is 2.26. The summed E-state index contributed by atoms with van der Waals surface area (Å²) < 4.78 is 0. The van der Waals surface area contributed by atoms with E-state index in [-0.39, 0.29) is 23.8 Å². The van der Waals surface area contributed by atoms with Crippen LogP contribution in [0.3, 0.4) is 0 Å². The quantitative estimate of drug-likeness (QED) is 0.849. The van der Waals surface area contributed by atoms with Crippen LogP contribution in [0, 0.1) is 5.41 Å². The lowest BCUT2D eigenvalue weighted by molar-refractivity contribution is -0.150. The Hall–Kier alpha value is -1.59. The van der Waals surface area contributed by atoms with Gasteiger partial charge in [-0.15, -0.1) is 0 Å². The summed E-state index contributed by atoms with van der Waals surface area (Å²) in [7, 11) is 1.63. The Morgan fingerprint density at radius 3 is 2.22 bits per heavy atom. The highest BCUT2D eigenvalue weighted by atomic mass is 16.2. The number of nitrogens with one attached hydrogen (secondary N) is 1. The standard InChI is InChI=1S/C17H31N3O3/c1-11(2)18-14(21)12(3)19(7)15(22)13-9-8-10-20(13)16(23)17(4,5)6/h11-13H,8-10H2,1-7H3,(H,18,21)/t12-,13-/m0/s1. The minimum atomic E-state index is -0.558. The number of carbonyl (C=O) groups excluding carboxylic acids is 3. The maximum atomic E-state index is 12.8. The number of amides is 3. The lowest BCUT2D eigenvalue weighted by Crippen LogP contribution is -2.54. The molecular weight excluding hydrogens is 294 g/mol. The lowest BCUT2D eigenvalue weighted by Gasteiger charge is -2.34. The third-order valence-corrected chi connectivity index (χ3v) is 4.18. The number of rotatable bonds is 4. The van der Waals surface area contributed by atoms with Gasteiger partial charge in [-0.1, -0.05) is 20.8 Å². The monoisotopic (exact) mass is 325 g/mol. The first kappa shape index (κ1) is 19.5. The van der Waals surface area contributed by atoms with Crippen molar-refractivity contribution in [2.45, 2.75) is 72.5 Å². The normalized spacial score (nSPS) is 19.7. The summed E-state index contributed by atoms with van der Waals surface area (Å²) >= 11 is 0. The predicted octanol–water partition coefficient (Wildman–Crippen LogP) is 1.40. The number of hydrogen-bond acceptors (Lipinski definition) is 3. The second-order valence-corrected chi connectivity index (χ2v) is 7.69. The molecule has 0 radical (unpaired) electrons. The molecular formula is C17H31N3O3. The number of likely N-dealkylation sites (N-methyl/N-ethyl adjacent to an activating group) is 1. The molecule has 132 valence electrons. The second kappa shape index (κ2) is 7.32. The SMILES string of the molecule is CC(C)NC(=O)[C@H](C)N(C)C(=O)[C@@H]1CCCN1C(=O)C(C)(C)C. The summed E-state index contributed by atoms with van der Waals surface area (Å²) in [6.45, 7) is 11.7. The Bertz CT molecular complexity index is 468. The molecule has 1 heterocycles. The van der Waals surface area contributed by atoms with E-state index in [2.05, 4.69) is 5.32 Å². The van der Waals surface area contributed by atoms with Crippen molar-refractivity contribution in [2.75, 3.05) is 13.6 Å². The molecule has 1 saturated heterocycles. The van der Waals surface area contributed by atoms with Gasteiger partial charge < -0.3 is 15.1 Å². The highest BCUT2D eigenvalue weighted by molar-refractivity contribution is 5.93. The summed E-state index contributed by atoms with van der Waals surface area (Å²) in [6, 6.07) is -0.989. The molecule has 23 heavy (non-hydrogen) atoms. The van der Waals surface area contributed by atoms with E-state index in [0.717, 1.165) is 6.42 Å². The van der Waals surface area contributed by atoms with Gasteiger partial charge in [0, 0.05) is 25.0 Å². The average molecular weight is 325 g/mol. The third kappa shape index (κ3) is 4.69. The summed E-state index contributed by atoms with van der Waals surface area (Å²) in [4.78, 5) is 40.5. The molecule has 3 amide bonds. The Kier molecular flexibility index (Phi) is 6.19. The zero-order valence-electron chi connectivity index (χ0n) is 15.5. The lowest BCUT2D eigenvalue weighted by atomic mass is 9.94. The summed E-state index contributed by atoms with van der Waals surface area (Å²) in [5, 5.41) is 2.81. The first-order valence-corrected chi connectivity index (χ1v) is 8.35. The molecule has 1 rings (SSSR count). The van der Waals surface area contributed by atoms with Crippen molar-refractivity contribution in [3.05, 3.63) is 0 Å². The van der Waals surface area contributed by atoms with Gasteiger partial charge in [-0.3, -0.25) is 14.4 Å². The fourth-order valence-corrected chi connectivity index (χ4v) is 2.70. The van der Waals surface area contributed by atoms with Gasteiger partial charge in [-0.05, 0) is 33.6 Å². The van der Waals surface area contributed by atoms with Crippen LogP contribution in [0.2, 0.25) is 0 Å². The van der Waals surface area contributed by atoms with Crippen LogP contribution in [-0.2, 0) is 14.4 Å². The number of hydrogen-bond donors (Lipinski definition) is 1. The fourth-order valence-electron chi connectivity index (χ4n) is 2.70. The van der Waals surface area contributed by atoms with Crippen molar-refractivity contribution in [3.8, 4) is 0 Å². The molecule has 0 saturated carbocycles. The van der Waals surface area contributed by atoms with Crippen molar-refractivity contribution >= 4 is 17.7 Å². The predicted molar refractivity (Wildman–Crippen MR) is 89.7 cm³/mol. The van der Waals surface area contributed by atoms with E-state index in [4.69, 9.17) is 0 Å². The molecule has 0 aromatic rings. The van der Waals surface area contributed by atoms with Gasteiger partial charge in [-0.2, -0.15) is 0 Å². The van der Waals surface area contributed by atoms with E-state index >= 15 is 0 Å². The maximum Gasteiger partial charge on any atom is 0.245 e. The molecule has 2 atom stereocenters. The van der Waals surface area contributed by atoms with E-state index in [1.165, 1.54) is 4.90 Å². The zero-order valence-corrected chi connectivity index (χ0v) is 15.5. The largest absolute Gasteiger partial charge is 0.352 e. The van der Waals surface area contributed by atoms with Crippen molar-refractivity contribution in [3.63, 3.8) is 0 Å². The minimum absolute atomic E-state index is 0.0129. The van der Waals surface area contributed by atoms with Gasteiger partial charge in [0.2, 0.25) is 17.7 Å². The van der Waals surface area contributed by atoms with Crippen LogP contribution in [0.5, 0.6) is 0 Å². The molecule has 6 heteroatoms. The smallest absolute Gasteiger partial charge is 0.245 e. The Morgan fingerprint density at radius 1 is 1.17 bits per heavy atom. The van der Waals surface area contributed by atoms with Crippen LogP contribution in [-0.4, -0.2) is 59.2 Å². The number of nitrogens with zero attached hydrogens (tertiary/aromatic N) is 2. The van der Waals surface area contributed by atoms with E-state index in [0.29, 0.717) is 13.0 Å². The van der Waals surface area contributed by atoms with Crippen LogP contribution in [0.1, 0.15) is 54.4 Å². The van der Waals surface area contributed by atoms with Gasteiger partial charge in [0.1, 0.15) is 12.1 Å². The van der Waals surface area contributed by atoms with Crippen molar-refractivity contribution in [1.29, 1.82) is 0 Å². The Labute approximate surface area is 139 Å².